The molecule has 1 unspecified atom stereocenters. The van der Waals surface area contributed by atoms with Crippen LogP contribution in [0.4, 0.5) is 5.69 Å². The molecule has 0 spiro atoms. The summed E-state index contributed by atoms with van der Waals surface area (Å²) < 4.78 is -0.496. The van der Waals surface area contributed by atoms with E-state index < -0.39 is 4.71 Å². The third kappa shape index (κ3) is 1.01. The van der Waals surface area contributed by atoms with Crippen LogP contribution in [0.3, 0.4) is 0 Å². The Morgan fingerprint density at radius 3 is 2.92 bits per heavy atom. The SMILES string of the molecule is Nc1cccc2c1SC(Cl)C2=O. The molecule has 0 radical (unpaired) electrons. The Balaban J connectivity index is 2.61. The highest BCUT2D eigenvalue weighted by Gasteiger charge is 2.30. The van der Waals surface area contributed by atoms with Gasteiger partial charge in [-0.15, -0.1) is 11.6 Å². The van der Waals surface area contributed by atoms with Crippen LogP contribution >= 0.6 is 23.4 Å². The summed E-state index contributed by atoms with van der Waals surface area (Å²) in [5, 5.41) is 0. The number of nitrogens with two attached hydrogens (primary N) is 1. The number of carbonyl (C=O) groups excluding carboxylic acids is 1. The molecule has 1 aliphatic heterocycles. The normalized spacial score (nSPS) is 21.1. The molecule has 0 bridgehead atoms. The Hall–Kier alpha value is -0.670. The number of rotatable bonds is 0. The van der Waals surface area contributed by atoms with Crippen LogP contribution in [0.2, 0.25) is 0 Å². The molecular formula is C8H6ClNOS. The molecule has 4 heteroatoms. The molecule has 2 rings (SSSR count). The maximum Gasteiger partial charge on any atom is 0.192 e. The number of alkyl halides is 1. The van der Waals surface area contributed by atoms with Crippen molar-refractivity contribution in [1.82, 2.24) is 0 Å². The lowest BCUT2D eigenvalue weighted by Crippen LogP contribution is -2.02. The van der Waals surface area contributed by atoms with Gasteiger partial charge in [-0.25, -0.2) is 0 Å². The van der Waals surface area contributed by atoms with Gasteiger partial charge in [-0.05, 0) is 6.07 Å². The molecule has 1 aliphatic rings. The summed E-state index contributed by atoms with van der Waals surface area (Å²) >= 11 is 7.07. The van der Waals surface area contributed by atoms with Gasteiger partial charge in [0.1, 0.15) is 4.71 Å². The number of Topliss-reactive ketones (excluding diaryl/α,β-unsaturated/α-hetero) is 1. The van der Waals surface area contributed by atoms with Crippen molar-refractivity contribution in [3.05, 3.63) is 23.8 Å². The standard InChI is InChI=1S/C8H6ClNOS/c9-8-6(11)4-2-1-3-5(10)7(4)12-8/h1-3,8H,10H2. The quantitative estimate of drug-likeness (QED) is 0.514. The summed E-state index contributed by atoms with van der Waals surface area (Å²) in [4.78, 5) is 12.2. The Labute approximate surface area is 79.1 Å². The van der Waals surface area contributed by atoms with Crippen LogP contribution < -0.4 is 5.73 Å². The number of anilines is 1. The molecule has 0 aliphatic carbocycles. The average molecular weight is 200 g/mol. The van der Waals surface area contributed by atoms with Gasteiger partial charge < -0.3 is 5.73 Å². The maximum absolute atomic E-state index is 11.3. The molecule has 0 saturated carbocycles. The first-order valence-corrected chi connectivity index (χ1v) is 4.75. The van der Waals surface area contributed by atoms with Gasteiger partial charge in [0.05, 0.1) is 0 Å². The summed E-state index contributed by atoms with van der Waals surface area (Å²) in [5.41, 5.74) is 6.95. The van der Waals surface area contributed by atoms with Crippen LogP contribution in [-0.2, 0) is 0 Å². The zero-order valence-corrected chi connectivity index (χ0v) is 7.65. The van der Waals surface area contributed by atoms with Crippen LogP contribution in [0.5, 0.6) is 0 Å². The molecule has 0 saturated heterocycles. The van der Waals surface area contributed by atoms with Gasteiger partial charge in [0.15, 0.2) is 5.78 Å². The van der Waals surface area contributed by atoms with Crippen LogP contribution in [0.25, 0.3) is 0 Å². The molecule has 62 valence electrons. The van der Waals surface area contributed by atoms with Crippen LogP contribution in [0.1, 0.15) is 10.4 Å². The van der Waals surface area contributed by atoms with E-state index >= 15 is 0 Å². The first-order valence-electron chi connectivity index (χ1n) is 3.43. The lowest BCUT2D eigenvalue weighted by molar-refractivity contribution is 0.101. The largest absolute Gasteiger partial charge is 0.398 e. The third-order valence-corrected chi connectivity index (χ3v) is 3.32. The van der Waals surface area contributed by atoms with Gasteiger partial charge in [-0.2, -0.15) is 0 Å². The fourth-order valence-electron chi connectivity index (χ4n) is 1.16. The molecule has 12 heavy (non-hydrogen) atoms. The van der Waals surface area contributed by atoms with Gasteiger partial charge in [0, 0.05) is 16.1 Å². The fourth-order valence-corrected chi connectivity index (χ4v) is 2.49. The van der Waals surface area contributed by atoms with E-state index in [0.717, 1.165) is 4.90 Å². The molecule has 1 heterocycles. The highest BCUT2D eigenvalue weighted by Crippen LogP contribution is 2.41. The van der Waals surface area contributed by atoms with Crippen molar-refractivity contribution in [2.75, 3.05) is 5.73 Å². The predicted molar refractivity (Wildman–Crippen MR) is 50.7 cm³/mol. The highest BCUT2D eigenvalue weighted by molar-refractivity contribution is 8.02. The van der Waals surface area contributed by atoms with Gasteiger partial charge in [-0.1, -0.05) is 23.9 Å². The number of hydrogen-bond donors (Lipinski definition) is 1. The van der Waals surface area contributed by atoms with Crippen molar-refractivity contribution in [3.63, 3.8) is 0 Å². The second kappa shape index (κ2) is 2.68. The minimum Gasteiger partial charge on any atom is -0.398 e. The number of benzene rings is 1. The summed E-state index contributed by atoms with van der Waals surface area (Å²) in [6.45, 7) is 0. The number of hydrogen-bond acceptors (Lipinski definition) is 3. The monoisotopic (exact) mass is 199 g/mol. The van der Waals surface area contributed by atoms with E-state index in [9.17, 15) is 4.79 Å². The predicted octanol–water partition coefficient (Wildman–Crippen LogP) is 2.12. The number of fused-ring (bicyclic) bond motifs is 1. The smallest absolute Gasteiger partial charge is 0.192 e. The molecule has 2 N–H and O–H groups in total. The van der Waals surface area contributed by atoms with E-state index in [-0.39, 0.29) is 5.78 Å². The number of carbonyl (C=O) groups is 1. The summed E-state index contributed by atoms with van der Waals surface area (Å²) in [5.74, 6) is -0.0380. The van der Waals surface area contributed by atoms with E-state index in [1.807, 2.05) is 0 Å². The minimum absolute atomic E-state index is 0.0380. The van der Waals surface area contributed by atoms with Gasteiger partial charge >= 0.3 is 0 Å². The number of halogens is 1. The fraction of sp³-hybridized carbons (Fsp3) is 0.125. The molecule has 0 aromatic heterocycles. The zero-order valence-electron chi connectivity index (χ0n) is 6.08. The van der Waals surface area contributed by atoms with E-state index in [2.05, 4.69) is 0 Å². The second-order valence-electron chi connectivity index (χ2n) is 2.52. The topological polar surface area (TPSA) is 43.1 Å². The Morgan fingerprint density at radius 1 is 1.50 bits per heavy atom. The van der Waals surface area contributed by atoms with Crippen molar-refractivity contribution in [2.24, 2.45) is 0 Å². The molecule has 1 aromatic carbocycles. The van der Waals surface area contributed by atoms with Gasteiger partial charge in [-0.3, -0.25) is 4.79 Å². The number of ketones is 1. The van der Waals surface area contributed by atoms with Crippen molar-refractivity contribution in [1.29, 1.82) is 0 Å². The first-order chi connectivity index (χ1) is 5.70. The molecule has 2 nitrogen and oxygen atoms in total. The first kappa shape index (κ1) is 7.95. The Kier molecular flexibility index (Phi) is 1.77. The summed E-state index contributed by atoms with van der Waals surface area (Å²) in [7, 11) is 0. The van der Waals surface area contributed by atoms with Crippen molar-refractivity contribution >= 4 is 34.8 Å². The Morgan fingerprint density at radius 2 is 2.25 bits per heavy atom. The van der Waals surface area contributed by atoms with E-state index in [1.54, 1.807) is 18.2 Å². The van der Waals surface area contributed by atoms with Crippen LogP contribution in [-0.4, -0.2) is 10.5 Å². The van der Waals surface area contributed by atoms with Crippen molar-refractivity contribution < 1.29 is 4.79 Å². The lowest BCUT2D eigenvalue weighted by atomic mass is 10.1. The van der Waals surface area contributed by atoms with Crippen LogP contribution in [0, 0.1) is 0 Å². The van der Waals surface area contributed by atoms with Crippen molar-refractivity contribution in [2.45, 2.75) is 9.60 Å². The molecule has 0 amide bonds. The molecule has 0 fully saturated rings. The van der Waals surface area contributed by atoms with Gasteiger partial charge in [0.25, 0.3) is 0 Å². The van der Waals surface area contributed by atoms with E-state index in [0.29, 0.717) is 11.3 Å². The molecule has 1 aromatic rings. The van der Waals surface area contributed by atoms with Crippen molar-refractivity contribution in [3.8, 4) is 0 Å². The van der Waals surface area contributed by atoms with Crippen LogP contribution in [0.15, 0.2) is 23.1 Å². The van der Waals surface area contributed by atoms with E-state index in [4.69, 9.17) is 17.3 Å². The highest BCUT2D eigenvalue weighted by atomic mass is 35.5. The number of thioether (sulfide) groups is 1. The van der Waals surface area contributed by atoms with E-state index in [1.165, 1.54) is 11.8 Å². The second-order valence-corrected chi connectivity index (χ2v) is 4.33. The summed E-state index contributed by atoms with van der Waals surface area (Å²) in [6.07, 6.45) is 0. The zero-order chi connectivity index (χ0) is 8.72. The molecule has 1 atom stereocenters. The number of nitrogen functional groups attached to an aromatic ring is 1. The lowest BCUT2D eigenvalue weighted by Gasteiger charge is -1.98. The average Bonchev–Trinajstić information content (AvgIpc) is 2.32. The minimum atomic E-state index is -0.496. The Bertz CT molecular complexity index is 353. The van der Waals surface area contributed by atoms with Gasteiger partial charge in [0.2, 0.25) is 0 Å². The summed E-state index contributed by atoms with van der Waals surface area (Å²) in [6, 6.07) is 5.29. The molecular weight excluding hydrogens is 194 g/mol. The maximum atomic E-state index is 11.3. The third-order valence-electron chi connectivity index (χ3n) is 1.74.